The fourth-order valence-electron chi connectivity index (χ4n) is 1.29. The number of aliphatic imine (C=N–C) groups is 1. The van der Waals surface area contributed by atoms with Crippen molar-refractivity contribution in [1.82, 2.24) is 14.9 Å². The topological polar surface area (TPSA) is 42.2 Å². The molecule has 0 aromatic carbocycles. The molecule has 0 bridgehead atoms. The van der Waals surface area contributed by atoms with Gasteiger partial charge in [-0.25, -0.2) is 4.98 Å². The van der Waals surface area contributed by atoms with E-state index in [2.05, 4.69) is 26.8 Å². The second kappa shape index (κ2) is 4.50. The van der Waals surface area contributed by atoms with Gasteiger partial charge >= 0.3 is 0 Å². The van der Waals surface area contributed by atoms with Gasteiger partial charge in [-0.1, -0.05) is 18.7 Å². The van der Waals surface area contributed by atoms with Crippen LogP contribution in [0.5, 0.6) is 0 Å². The van der Waals surface area contributed by atoms with Crippen LogP contribution in [0.15, 0.2) is 23.7 Å². The summed E-state index contributed by atoms with van der Waals surface area (Å²) >= 11 is 1.82. The van der Waals surface area contributed by atoms with Crippen molar-refractivity contribution in [2.24, 2.45) is 4.99 Å². The molecule has 1 aromatic rings. The highest BCUT2D eigenvalue weighted by atomic mass is 32.2. The maximum absolute atomic E-state index is 4.38. The standard InChI is InChI=1S/C9H14N4S/c1-8-6-12-9(14-8)11-3-5-13-4-2-10-7-13/h2,4,7-8H,3,5-6H2,1H3,(H,11,12). The van der Waals surface area contributed by atoms with Gasteiger partial charge in [-0.05, 0) is 0 Å². The quantitative estimate of drug-likeness (QED) is 0.808. The Morgan fingerprint density at radius 1 is 1.71 bits per heavy atom. The minimum absolute atomic E-state index is 0.630. The monoisotopic (exact) mass is 210 g/mol. The predicted molar refractivity (Wildman–Crippen MR) is 59.6 cm³/mol. The first kappa shape index (κ1) is 9.58. The van der Waals surface area contributed by atoms with Crippen molar-refractivity contribution >= 4 is 16.9 Å². The van der Waals surface area contributed by atoms with Crippen molar-refractivity contribution in [3.8, 4) is 0 Å². The van der Waals surface area contributed by atoms with Gasteiger partial charge < -0.3 is 9.88 Å². The number of amidine groups is 1. The summed E-state index contributed by atoms with van der Waals surface area (Å²) in [6.07, 6.45) is 5.59. The lowest BCUT2D eigenvalue weighted by Crippen LogP contribution is -2.23. The highest BCUT2D eigenvalue weighted by molar-refractivity contribution is 8.14. The minimum atomic E-state index is 0.630. The number of thioether (sulfide) groups is 1. The van der Waals surface area contributed by atoms with E-state index in [1.807, 2.05) is 24.3 Å². The van der Waals surface area contributed by atoms with Crippen molar-refractivity contribution in [3.05, 3.63) is 18.7 Å². The Morgan fingerprint density at radius 3 is 3.29 bits per heavy atom. The van der Waals surface area contributed by atoms with Gasteiger partial charge in [0.05, 0.1) is 12.9 Å². The van der Waals surface area contributed by atoms with Crippen LogP contribution in [0, 0.1) is 0 Å². The molecular formula is C9H14N4S. The second-order valence-electron chi connectivity index (χ2n) is 3.30. The number of nitrogens with one attached hydrogen (secondary N) is 1. The first-order valence-corrected chi connectivity index (χ1v) is 5.63. The molecule has 0 radical (unpaired) electrons. The molecular weight excluding hydrogens is 196 g/mol. The highest BCUT2D eigenvalue weighted by Gasteiger charge is 2.13. The molecule has 2 rings (SSSR count). The first-order chi connectivity index (χ1) is 6.84. The van der Waals surface area contributed by atoms with Gasteiger partial charge in [0, 0.05) is 30.7 Å². The van der Waals surface area contributed by atoms with E-state index in [-0.39, 0.29) is 0 Å². The number of aromatic nitrogens is 2. The smallest absolute Gasteiger partial charge is 0.156 e. The van der Waals surface area contributed by atoms with E-state index in [1.165, 1.54) is 0 Å². The van der Waals surface area contributed by atoms with Crippen LogP contribution in [0.4, 0.5) is 0 Å². The largest absolute Gasteiger partial charge is 0.363 e. The summed E-state index contributed by atoms with van der Waals surface area (Å²) in [5.41, 5.74) is 0. The molecule has 1 N–H and O–H groups in total. The van der Waals surface area contributed by atoms with E-state index in [1.54, 1.807) is 6.20 Å². The molecule has 4 nitrogen and oxygen atoms in total. The molecule has 76 valence electrons. The molecule has 5 heteroatoms. The molecule has 0 amide bonds. The van der Waals surface area contributed by atoms with Crippen LogP contribution < -0.4 is 5.32 Å². The van der Waals surface area contributed by atoms with Crippen LogP contribution in [-0.4, -0.2) is 33.1 Å². The summed E-state index contributed by atoms with van der Waals surface area (Å²) in [6, 6.07) is 0. The number of rotatable bonds is 3. The van der Waals surface area contributed by atoms with Crippen LogP contribution >= 0.6 is 11.8 Å². The average Bonchev–Trinajstić information content (AvgIpc) is 2.77. The Morgan fingerprint density at radius 2 is 2.64 bits per heavy atom. The van der Waals surface area contributed by atoms with Crippen molar-refractivity contribution in [1.29, 1.82) is 0 Å². The maximum Gasteiger partial charge on any atom is 0.156 e. The van der Waals surface area contributed by atoms with Gasteiger partial charge in [0.15, 0.2) is 5.17 Å². The fourth-order valence-corrected chi connectivity index (χ4v) is 2.15. The molecule has 1 aliphatic heterocycles. The Kier molecular flexibility index (Phi) is 3.08. The zero-order chi connectivity index (χ0) is 9.80. The lowest BCUT2D eigenvalue weighted by atomic mass is 10.5. The third-order valence-corrected chi connectivity index (χ3v) is 3.06. The van der Waals surface area contributed by atoms with Crippen LogP contribution in [0.2, 0.25) is 0 Å². The lowest BCUT2D eigenvalue weighted by Gasteiger charge is -2.05. The van der Waals surface area contributed by atoms with Crippen LogP contribution in [0.25, 0.3) is 0 Å². The fraction of sp³-hybridized carbons (Fsp3) is 0.556. The minimum Gasteiger partial charge on any atom is -0.363 e. The number of nitrogens with zero attached hydrogens (tertiary/aromatic N) is 3. The van der Waals surface area contributed by atoms with Crippen molar-refractivity contribution in [2.75, 3.05) is 13.1 Å². The molecule has 2 heterocycles. The van der Waals surface area contributed by atoms with Crippen molar-refractivity contribution in [2.45, 2.75) is 18.7 Å². The van der Waals surface area contributed by atoms with Gasteiger partial charge in [0.1, 0.15) is 0 Å². The van der Waals surface area contributed by atoms with Crippen LogP contribution in [-0.2, 0) is 6.54 Å². The van der Waals surface area contributed by atoms with E-state index in [0.29, 0.717) is 5.25 Å². The van der Waals surface area contributed by atoms with E-state index in [0.717, 1.165) is 24.8 Å². The van der Waals surface area contributed by atoms with Crippen LogP contribution in [0.3, 0.4) is 0 Å². The van der Waals surface area contributed by atoms with Gasteiger partial charge in [-0.2, -0.15) is 0 Å². The Labute approximate surface area is 87.8 Å². The lowest BCUT2D eigenvalue weighted by molar-refractivity contribution is 0.676. The Balaban J connectivity index is 1.69. The van der Waals surface area contributed by atoms with Gasteiger partial charge in [-0.15, -0.1) is 0 Å². The highest BCUT2D eigenvalue weighted by Crippen LogP contribution is 2.17. The van der Waals surface area contributed by atoms with E-state index in [4.69, 9.17) is 0 Å². The summed E-state index contributed by atoms with van der Waals surface area (Å²) in [5.74, 6) is 0. The molecule has 0 saturated heterocycles. The second-order valence-corrected chi connectivity index (χ2v) is 4.73. The zero-order valence-corrected chi connectivity index (χ0v) is 9.00. The molecule has 14 heavy (non-hydrogen) atoms. The predicted octanol–water partition coefficient (Wildman–Crippen LogP) is 0.964. The molecule has 1 unspecified atom stereocenters. The Hall–Kier alpha value is -0.970. The van der Waals surface area contributed by atoms with Gasteiger partial charge in [-0.3, -0.25) is 4.99 Å². The number of hydrogen-bond donors (Lipinski definition) is 1. The molecule has 1 aromatic heterocycles. The van der Waals surface area contributed by atoms with Crippen LogP contribution in [0.1, 0.15) is 6.92 Å². The third-order valence-electron chi connectivity index (χ3n) is 2.01. The normalized spacial score (nSPS) is 20.9. The van der Waals surface area contributed by atoms with E-state index >= 15 is 0 Å². The number of hydrogen-bond acceptors (Lipinski definition) is 4. The summed E-state index contributed by atoms with van der Waals surface area (Å²) in [6.45, 7) is 4.99. The summed E-state index contributed by atoms with van der Waals surface area (Å²) in [4.78, 5) is 8.36. The van der Waals surface area contributed by atoms with Gasteiger partial charge in [0.25, 0.3) is 0 Å². The summed E-state index contributed by atoms with van der Waals surface area (Å²) in [5, 5.41) is 5.03. The SMILES string of the molecule is CC1CN=C(NCCn2ccnc2)S1. The molecule has 1 aliphatic rings. The van der Waals surface area contributed by atoms with E-state index in [9.17, 15) is 0 Å². The van der Waals surface area contributed by atoms with Crippen molar-refractivity contribution < 1.29 is 0 Å². The molecule has 0 fully saturated rings. The Bertz CT molecular complexity index is 307. The zero-order valence-electron chi connectivity index (χ0n) is 8.18. The van der Waals surface area contributed by atoms with Crippen molar-refractivity contribution in [3.63, 3.8) is 0 Å². The molecule has 0 saturated carbocycles. The van der Waals surface area contributed by atoms with Gasteiger partial charge in [0.2, 0.25) is 0 Å². The summed E-state index contributed by atoms with van der Waals surface area (Å²) in [7, 11) is 0. The maximum atomic E-state index is 4.38. The summed E-state index contributed by atoms with van der Waals surface area (Å²) < 4.78 is 2.05. The molecule has 1 atom stereocenters. The van der Waals surface area contributed by atoms with E-state index < -0.39 is 0 Å². The molecule has 0 aliphatic carbocycles. The first-order valence-electron chi connectivity index (χ1n) is 4.75. The number of imidazole rings is 1. The third kappa shape index (κ3) is 2.51. The molecule has 0 spiro atoms. The average molecular weight is 210 g/mol.